The summed E-state index contributed by atoms with van der Waals surface area (Å²) in [4.78, 5) is 35.2. The van der Waals surface area contributed by atoms with Gasteiger partial charge in [-0.1, -0.05) is 6.07 Å². The van der Waals surface area contributed by atoms with Crippen molar-refractivity contribution in [3.05, 3.63) is 63.7 Å². The van der Waals surface area contributed by atoms with Crippen molar-refractivity contribution in [2.24, 2.45) is 0 Å². The minimum absolute atomic E-state index is 0.0363. The van der Waals surface area contributed by atoms with E-state index in [1.54, 1.807) is 45.0 Å². The quantitative estimate of drug-likeness (QED) is 0.429. The van der Waals surface area contributed by atoms with E-state index in [0.29, 0.717) is 16.9 Å². The number of aliphatic hydroxyl groups is 1. The van der Waals surface area contributed by atoms with Gasteiger partial charge in [-0.3, -0.25) is 19.8 Å². The summed E-state index contributed by atoms with van der Waals surface area (Å²) in [7, 11) is 0. The van der Waals surface area contributed by atoms with E-state index in [1.165, 1.54) is 18.2 Å². The molecule has 10 heteroatoms. The van der Waals surface area contributed by atoms with Crippen LogP contribution in [0, 0.1) is 10.1 Å². The maximum absolute atomic E-state index is 12.5. The maximum Gasteiger partial charge on any atom is 0.408 e. The number of nitrogens with zero attached hydrogens (tertiary/aromatic N) is 2. The number of nitrogens with one attached hydrogen (secondary N) is 1. The van der Waals surface area contributed by atoms with E-state index >= 15 is 0 Å². The Morgan fingerprint density at radius 2 is 1.74 bits per heavy atom. The molecule has 0 spiro atoms. The first-order valence-corrected chi connectivity index (χ1v) is 9.41. The normalized spacial score (nSPS) is 11.0. The van der Waals surface area contributed by atoms with Crippen LogP contribution in [0.3, 0.4) is 0 Å². The highest BCUT2D eigenvalue weighted by atomic mass is 16.6. The summed E-state index contributed by atoms with van der Waals surface area (Å²) in [6.45, 7) is 4.49. The number of carbonyl (C=O) groups excluding carboxylic acids is 1. The number of rotatable bonds is 8. The molecule has 10 nitrogen and oxygen atoms in total. The number of hydrogen-bond donors (Lipinski definition) is 3. The number of nitro benzene ring substituents is 1. The van der Waals surface area contributed by atoms with Crippen molar-refractivity contribution in [3.8, 4) is 5.75 Å². The molecule has 0 aliphatic carbocycles. The zero-order valence-corrected chi connectivity index (χ0v) is 17.5. The first-order chi connectivity index (χ1) is 14.5. The molecule has 0 bridgehead atoms. The van der Waals surface area contributed by atoms with E-state index in [-0.39, 0.29) is 31.1 Å². The van der Waals surface area contributed by atoms with E-state index < -0.39 is 22.5 Å². The molecule has 2 amide bonds. The van der Waals surface area contributed by atoms with Crippen LogP contribution in [0.4, 0.5) is 16.2 Å². The SMILES string of the molecule is CC(C)(C)N(CC(=O)Nc1cc(CO)ccc1OCc1ccc([N+](=O)[O-])cc1)C(=O)O. The molecule has 2 rings (SSSR count). The summed E-state index contributed by atoms with van der Waals surface area (Å²) in [5.74, 6) is -0.255. The highest BCUT2D eigenvalue weighted by Crippen LogP contribution is 2.27. The van der Waals surface area contributed by atoms with Gasteiger partial charge in [0, 0.05) is 17.7 Å². The van der Waals surface area contributed by atoms with E-state index in [9.17, 15) is 29.9 Å². The first kappa shape index (κ1) is 23.6. The fourth-order valence-corrected chi connectivity index (χ4v) is 2.70. The van der Waals surface area contributed by atoms with Gasteiger partial charge in [0.05, 0.1) is 17.2 Å². The van der Waals surface area contributed by atoms with E-state index in [2.05, 4.69) is 5.32 Å². The van der Waals surface area contributed by atoms with E-state index in [1.807, 2.05) is 0 Å². The lowest BCUT2D eigenvalue weighted by atomic mass is 10.1. The Morgan fingerprint density at radius 1 is 1.13 bits per heavy atom. The van der Waals surface area contributed by atoms with Gasteiger partial charge in [-0.2, -0.15) is 0 Å². The second-order valence-corrected chi connectivity index (χ2v) is 7.79. The minimum atomic E-state index is -1.22. The molecule has 166 valence electrons. The number of aliphatic hydroxyl groups excluding tert-OH is 1. The number of ether oxygens (including phenoxy) is 1. The number of carbonyl (C=O) groups is 2. The second kappa shape index (κ2) is 9.90. The van der Waals surface area contributed by atoms with Gasteiger partial charge >= 0.3 is 6.09 Å². The summed E-state index contributed by atoms with van der Waals surface area (Å²) in [5.41, 5.74) is 0.678. The predicted octanol–water partition coefficient (Wildman–Crippen LogP) is 3.38. The van der Waals surface area contributed by atoms with Crippen LogP contribution < -0.4 is 10.1 Å². The van der Waals surface area contributed by atoms with Gasteiger partial charge in [-0.05, 0) is 56.2 Å². The van der Waals surface area contributed by atoms with Crippen molar-refractivity contribution in [3.63, 3.8) is 0 Å². The second-order valence-electron chi connectivity index (χ2n) is 7.79. The molecule has 0 fully saturated rings. The van der Waals surface area contributed by atoms with Crippen molar-refractivity contribution in [2.45, 2.75) is 39.5 Å². The van der Waals surface area contributed by atoms with E-state index in [0.717, 1.165) is 4.90 Å². The number of nitro groups is 1. The molecule has 0 unspecified atom stereocenters. The van der Waals surface area contributed by atoms with Crippen molar-refractivity contribution in [2.75, 3.05) is 11.9 Å². The lowest BCUT2D eigenvalue weighted by Gasteiger charge is -2.32. The van der Waals surface area contributed by atoms with Crippen LogP contribution in [0.2, 0.25) is 0 Å². The van der Waals surface area contributed by atoms with Crippen LogP contribution in [0.25, 0.3) is 0 Å². The topological polar surface area (TPSA) is 142 Å². The number of carboxylic acid groups (broad SMARTS) is 1. The van der Waals surface area contributed by atoms with Crippen LogP contribution in [-0.2, 0) is 18.0 Å². The highest BCUT2D eigenvalue weighted by molar-refractivity contribution is 5.95. The monoisotopic (exact) mass is 431 g/mol. The number of non-ortho nitro benzene ring substituents is 1. The summed E-state index contributed by atoms with van der Waals surface area (Å²) in [6.07, 6.45) is -1.22. The van der Waals surface area contributed by atoms with Crippen LogP contribution in [0.15, 0.2) is 42.5 Å². The maximum atomic E-state index is 12.5. The van der Waals surface area contributed by atoms with E-state index in [4.69, 9.17) is 4.74 Å². The first-order valence-electron chi connectivity index (χ1n) is 9.41. The Bertz CT molecular complexity index is 952. The smallest absolute Gasteiger partial charge is 0.408 e. The zero-order chi connectivity index (χ0) is 23.2. The Hall–Kier alpha value is -3.66. The van der Waals surface area contributed by atoms with Gasteiger partial charge in [0.25, 0.3) is 5.69 Å². The Balaban J connectivity index is 2.16. The van der Waals surface area contributed by atoms with Crippen LogP contribution in [0.5, 0.6) is 5.75 Å². The Kier molecular flexibility index (Phi) is 7.54. The lowest BCUT2D eigenvalue weighted by Crippen LogP contribution is -2.48. The molecule has 2 aromatic rings. The molecule has 2 aromatic carbocycles. The molecular formula is C21H25N3O7. The Labute approximate surface area is 179 Å². The van der Waals surface area contributed by atoms with Gasteiger partial charge < -0.3 is 20.3 Å². The third-order valence-corrected chi connectivity index (χ3v) is 4.38. The largest absolute Gasteiger partial charge is 0.487 e. The number of anilines is 1. The summed E-state index contributed by atoms with van der Waals surface area (Å²) in [5, 5.41) is 32.2. The average molecular weight is 431 g/mol. The highest BCUT2D eigenvalue weighted by Gasteiger charge is 2.28. The molecule has 0 aliphatic rings. The molecule has 3 N–H and O–H groups in total. The van der Waals surface area contributed by atoms with Crippen molar-refractivity contribution in [1.82, 2.24) is 4.90 Å². The third kappa shape index (κ3) is 6.68. The van der Waals surface area contributed by atoms with Crippen LogP contribution >= 0.6 is 0 Å². The van der Waals surface area contributed by atoms with Crippen molar-refractivity contribution >= 4 is 23.4 Å². The van der Waals surface area contributed by atoms with Gasteiger partial charge in [-0.15, -0.1) is 0 Å². The third-order valence-electron chi connectivity index (χ3n) is 4.38. The zero-order valence-electron chi connectivity index (χ0n) is 17.5. The molecule has 0 radical (unpaired) electrons. The van der Waals surface area contributed by atoms with Crippen LogP contribution in [0.1, 0.15) is 31.9 Å². The number of hydrogen-bond acceptors (Lipinski definition) is 6. The summed E-state index contributed by atoms with van der Waals surface area (Å²) >= 11 is 0. The molecule has 0 atom stereocenters. The number of benzene rings is 2. The summed E-state index contributed by atoms with van der Waals surface area (Å²) in [6, 6.07) is 10.6. The van der Waals surface area contributed by atoms with Crippen LogP contribution in [-0.4, -0.2) is 44.1 Å². The molecule has 0 aliphatic heterocycles. The molecule has 0 saturated carbocycles. The molecule has 0 heterocycles. The fourth-order valence-electron chi connectivity index (χ4n) is 2.70. The average Bonchev–Trinajstić information content (AvgIpc) is 2.70. The fraction of sp³-hybridized carbons (Fsp3) is 0.333. The van der Waals surface area contributed by atoms with Gasteiger partial charge in [0.1, 0.15) is 18.9 Å². The molecule has 31 heavy (non-hydrogen) atoms. The summed E-state index contributed by atoms with van der Waals surface area (Å²) < 4.78 is 5.75. The lowest BCUT2D eigenvalue weighted by molar-refractivity contribution is -0.384. The van der Waals surface area contributed by atoms with Gasteiger partial charge in [0.2, 0.25) is 5.91 Å². The van der Waals surface area contributed by atoms with Crippen molar-refractivity contribution < 1.29 is 29.5 Å². The number of amides is 2. The molecule has 0 aromatic heterocycles. The van der Waals surface area contributed by atoms with Gasteiger partial charge in [-0.25, -0.2) is 4.79 Å². The minimum Gasteiger partial charge on any atom is -0.487 e. The standard InChI is InChI=1S/C21H25N3O7/c1-21(2,3)23(20(27)28)11-19(26)22-17-10-15(12-25)6-9-18(17)31-13-14-4-7-16(8-5-14)24(29)30/h4-10,25H,11-13H2,1-3H3,(H,22,26)(H,27,28). The van der Waals surface area contributed by atoms with Gasteiger partial charge in [0.15, 0.2) is 0 Å². The predicted molar refractivity (Wildman–Crippen MR) is 113 cm³/mol. The Morgan fingerprint density at radius 3 is 2.26 bits per heavy atom. The van der Waals surface area contributed by atoms with Crippen molar-refractivity contribution in [1.29, 1.82) is 0 Å². The molecular weight excluding hydrogens is 406 g/mol. The molecule has 0 saturated heterocycles.